The lowest BCUT2D eigenvalue weighted by molar-refractivity contribution is -0.134. The third-order valence-electron chi connectivity index (χ3n) is 4.03. The zero-order valence-electron chi connectivity index (χ0n) is 12.2. The molecule has 4 heteroatoms. The number of carbonyl (C=O) groups is 2. The summed E-state index contributed by atoms with van der Waals surface area (Å²) in [6, 6.07) is 9.89. The summed E-state index contributed by atoms with van der Waals surface area (Å²) in [6.07, 6.45) is 2.48. The normalized spacial score (nSPS) is 18.1. The van der Waals surface area contributed by atoms with Gasteiger partial charge in [-0.15, -0.1) is 0 Å². The molecule has 1 aromatic carbocycles. The zero-order chi connectivity index (χ0) is 14.6. The molecule has 0 bridgehead atoms. The van der Waals surface area contributed by atoms with Crippen molar-refractivity contribution in [1.82, 2.24) is 9.80 Å². The van der Waals surface area contributed by atoms with E-state index in [0.717, 1.165) is 11.8 Å². The van der Waals surface area contributed by atoms with Gasteiger partial charge in [0.2, 0.25) is 5.91 Å². The SMILES string of the molecule is CN(C)CC(=O)N1CCC(C=O)(c2ccccc2)CC1. The maximum absolute atomic E-state index is 12.0. The van der Waals surface area contributed by atoms with Crippen LogP contribution >= 0.6 is 0 Å². The monoisotopic (exact) mass is 274 g/mol. The Labute approximate surface area is 120 Å². The smallest absolute Gasteiger partial charge is 0.236 e. The van der Waals surface area contributed by atoms with E-state index in [1.165, 1.54) is 0 Å². The Bertz CT molecular complexity index is 463. The minimum absolute atomic E-state index is 0.141. The molecular formula is C16H22N2O2. The predicted octanol–water partition coefficient (Wildman–Crippen LogP) is 1.31. The van der Waals surface area contributed by atoms with E-state index in [0.29, 0.717) is 32.5 Å². The van der Waals surface area contributed by atoms with Crippen LogP contribution in [0.25, 0.3) is 0 Å². The van der Waals surface area contributed by atoms with Crippen LogP contribution in [0.15, 0.2) is 30.3 Å². The van der Waals surface area contributed by atoms with E-state index in [-0.39, 0.29) is 5.91 Å². The fourth-order valence-electron chi connectivity index (χ4n) is 2.77. The van der Waals surface area contributed by atoms with Crippen LogP contribution in [-0.4, -0.2) is 55.7 Å². The average Bonchev–Trinajstić information content (AvgIpc) is 2.47. The van der Waals surface area contributed by atoms with Crippen molar-refractivity contribution < 1.29 is 9.59 Å². The van der Waals surface area contributed by atoms with E-state index < -0.39 is 5.41 Å². The number of carbonyl (C=O) groups excluding carboxylic acids is 2. The van der Waals surface area contributed by atoms with Crippen molar-refractivity contribution in [3.8, 4) is 0 Å². The average molecular weight is 274 g/mol. The number of likely N-dealkylation sites (tertiary alicyclic amines) is 1. The van der Waals surface area contributed by atoms with Crippen molar-refractivity contribution in [2.45, 2.75) is 18.3 Å². The largest absolute Gasteiger partial charge is 0.341 e. The van der Waals surface area contributed by atoms with Gasteiger partial charge in [0.05, 0.1) is 12.0 Å². The van der Waals surface area contributed by atoms with Gasteiger partial charge >= 0.3 is 0 Å². The molecule has 0 N–H and O–H groups in total. The molecule has 0 aromatic heterocycles. The van der Waals surface area contributed by atoms with Crippen LogP contribution in [0, 0.1) is 0 Å². The Balaban J connectivity index is 2.05. The minimum atomic E-state index is -0.420. The Kier molecular flexibility index (Phi) is 4.55. The summed E-state index contributed by atoms with van der Waals surface area (Å²) >= 11 is 0. The van der Waals surface area contributed by atoms with E-state index in [9.17, 15) is 9.59 Å². The molecule has 1 saturated heterocycles. The van der Waals surface area contributed by atoms with Gasteiger partial charge in [-0.3, -0.25) is 4.79 Å². The Morgan fingerprint density at radius 2 is 1.85 bits per heavy atom. The van der Waals surface area contributed by atoms with Crippen LogP contribution in [0.3, 0.4) is 0 Å². The highest BCUT2D eigenvalue weighted by atomic mass is 16.2. The number of hydrogen-bond donors (Lipinski definition) is 0. The number of hydrogen-bond acceptors (Lipinski definition) is 3. The molecule has 1 heterocycles. The number of amides is 1. The fourth-order valence-corrected chi connectivity index (χ4v) is 2.77. The van der Waals surface area contributed by atoms with Gasteiger partial charge in [-0.25, -0.2) is 0 Å². The van der Waals surface area contributed by atoms with Gasteiger partial charge < -0.3 is 14.6 Å². The number of rotatable bonds is 4. The highest BCUT2D eigenvalue weighted by molar-refractivity contribution is 5.79. The first-order chi connectivity index (χ1) is 9.57. The van der Waals surface area contributed by atoms with Gasteiger partial charge in [0.1, 0.15) is 6.29 Å². The molecule has 0 saturated carbocycles. The Morgan fingerprint density at radius 1 is 1.25 bits per heavy atom. The predicted molar refractivity (Wildman–Crippen MR) is 78.6 cm³/mol. The molecule has 1 aliphatic rings. The van der Waals surface area contributed by atoms with Crippen LogP contribution < -0.4 is 0 Å². The lowest BCUT2D eigenvalue weighted by Crippen LogP contribution is -2.48. The molecule has 1 fully saturated rings. The summed E-state index contributed by atoms with van der Waals surface area (Å²) in [4.78, 5) is 27.4. The van der Waals surface area contributed by atoms with E-state index >= 15 is 0 Å². The minimum Gasteiger partial charge on any atom is -0.341 e. The van der Waals surface area contributed by atoms with Crippen molar-refractivity contribution >= 4 is 12.2 Å². The Hall–Kier alpha value is -1.68. The molecule has 2 rings (SSSR count). The molecular weight excluding hydrogens is 252 g/mol. The van der Waals surface area contributed by atoms with Crippen LogP contribution in [-0.2, 0) is 15.0 Å². The quantitative estimate of drug-likeness (QED) is 0.777. The van der Waals surface area contributed by atoms with E-state index in [4.69, 9.17) is 0 Å². The van der Waals surface area contributed by atoms with Gasteiger partial charge in [0.15, 0.2) is 0 Å². The van der Waals surface area contributed by atoms with Gasteiger partial charge in [-0.2, -0.15) is 0 Å². The molecule has 1 aliphatic heterocycles. The third kappa shape index (κ3) is 3.07. The van der Waals surface area contributed by atoms with Crippen LogP contribution in [0.4, 0.5) is 0 Å². The molecule has 4 nitrogen and oxygen atoms in total. The summed E-state index contributed by atoms with van der Waals surface area (Å²) in [7, 11) is 3.78. The van der Waals surface area contributed by atoms with Gasteiger partial charge in [-0.1, -0.05) is 30.3 Å². The second kappa shape index (κ2) is 6.18. The number of benzene rings is 1. The topological polar surface area (TPSA) is 40.6 Å². The summed E-state index contributed by atoms with van der Waals surface area (Å²) in [5.74, 6) is 0.141. The second-order valence-electron chi connectivity index (χ2n) is 5.76. The zero-order valence-corrected chi connectivity index (χ0v) is 12.2. The third-order valence-corrected chi connectivity index (χ3v) is 4.03. The molecule has 20 heavy (non-hydrogen) atoms. The lowest BCUT2D eigenvalue weighted by atomic mass is 9.74. The van der Waals surface area contributed by atoms with E-state index in [1.807, 2.05) is 54.2 Å². The maximum atomic E-state index is 12.0. The molecule has 0 radical (unpaired) electrons. The van der Waals surface area contributed by atoms with Crippen LogP contribution in [0.2, 0.25) is 0 Å². The summed E-state index contributed by atoms with van der Waals surface area (Å²) < 4.78 is 0. The van der Waals surface area contributed by atoms with Crippen molar-refractivity contribution in [3.05, 3.63) is 35.9 Å². The van der Waals surface area contributed by atoms with Gasteiger partial charge in [-0.05, 0) is 32.5 Å². The number of aldehydes is 1. The van der Waals surface area contributed by atoms with Crippen molar-refractivity contribution in [3.63, 3.8) is 0 Å². The molecule has 0 atom stereocenters. The number of likely N-dealkylation sites (N-methyl/N-ethyl adjacent to an activating group) is 1. The number of piperidine rings is 1. The first kappa shape index (κ1) is 14.7. The fraction of sp³-hybridized carbons (Fsp3) is 0.500. The number of nitrogens with zero attached hydrogens (tertiary/aromatic N) is 2. The van der Waals surface area contributed by atoms with E-state index in [1.54, 1.807) is 0 Å². The molecule has 0 unspecified atom stereocenters. The molecule has 108 valence electrons. The molecule has 0 spiro atoms. The van der Waals surface area contributed by atoms with Crippen molar-refractivity contribution in [2.24, 2.45) is 0 Å². The highest BCUT2D eigenvalue weighted by Crippen LogP contribution is 2.33. The Morgan fingerprint density at radius 3 is 2.35 bits per heavy atom. The summed E-state index contributed by atoms with van der Waals surface area (Å²) in [5, 5.41) is 0. The van der Waals surface area contributed by atoms with Crippen molar-refractivity contribution in [2.75, 3.05) is 33.7 Å². The summed E-state index contributed by atoms with van der Waals surface area (Å²) in [5.41, 5.74) is 0.644. The van der Waals surface area contributed by atoms with Crippen LogP contribution in [0.5, 0.6) is 0 Å². The second-order valence-corrected chi connectivity index (χ2v) is 5.76. The molecule has 0 aliphatic carbocycles. The van der Waals surface area contributed by atoms with E-state index in [2.05, 4.69) is 0 Å². The molecule has 1 amide bonds. The van der Waals surface area contributed by atoms with Crippen LogP contribution in [0.1, 0.15) is 18.4 Å². The van der Waals surface area contributed by atoms with Gasteiger partial charge in [0.25, 0.3) is 0 Å². The molecule has 1 aromatic rings. The first-order valence-corrected chi connectivity index (χ1v) is 7.02. The maximum Gasteiger partial charge on any atom is 0.236 e. The highest BCUT2D eigenvalue weighted by Gasteiger charge is 2.37. The standard InChI is InChI=1S/C16H22N2O2/c1-17(2)12-15(20)18-10-8-16(13-19,9-11-18)14-6-4-3-5-7-14/h3-7,13H,8-12H2,1-2H3. The first-order valence-electron chi connectivity index (χ1n) is 7.02. The van der Waals surface area contributed by atoms with Crippen molar-refractivity contribution in [1.29, 1.82) is 0 Å². The lowest BCUT2D eigenvalue weighted by Gasteiger charge is -2.39. The summed E-state index contributed by atoms with van der Waals surface area (Å²) in [6.45, 7) is 1.74. The van der Waals surface area contributed by atoms with Gasteiger partial charge in [0, 0.05) is 13.1 Å².